The molecule has 1 aliphatic rings. The fourth-order valence-corrected chi connectivity index (χ4v) is 4.11. The maximum atomic E-state index is 12.7. The summed E-state index contributed by atoms with van der Waals surface area (Å²) < 4.78 is 26.7. The molecule has 1 saturated heterocycles. The summed E-state index contributed by atoms with van der Waals surface area (Å²) >= 11 is 0. The second-order valence-electron chi connectivity index (χ2n) is 6.22. The summed E-state index contributed by atoms with van der Waals surface area (Å²) in [6, 6.07) is 6.79. The number of piperazine rings is 1. The molecule has 2 amide bonds. The number of hydrogen-bond donors (Lipinski definition) is 2. The quantitative estimate of drug-likeness (QED) is 0.666. The summed E-state index contributed by atoms with van der Waals surface area (Å²) in [5, 5.41) is 5.17. The van der Waals surface area contributed by atoms with E-state index in [2.05, 4.69) is 10.6 Å². The molecule has 8 nitrogen and oxygen atoms in total. The summed E-state index contributed by atoms with van der Waals surface area (Å²) in [4.78, 5) is 25.4. The van der Waals surface area contributed by atoms with Gasteiger partial charge in [-0.1, -0.05) is 17.7 Å². The topological polar surface area (TPSA) is 98.8 Å². The number of nitrogens with one attached hydrogen (secondary N) is 2. The van der Waals surface area contributed by atoms with Crippen molar-refractivity contribution in [1.29, 1.82) is 0 Å². The molecule has 0 unspecified atom stereocenters. The van der Waals surface area contributed by atoms with E-state index in [4.69, 9.17) is 0 Å². The first-order chi connectivity index (χ1) is 12.3. The third-order valence-electron chi connectivity index (χ3n) is 4.18. The lowest BCUT2D eigenvalue weighted by Crippen LogP contribution is -2.51. The second kappa shape index (κ2) is 9.11. The summed E-state index contributed by atoms with van der Waals surface area (Å²) in [5.74, 6) is -0.471. The van der Waals surface area contributed by atoms with Crippen LogP contribution in [-0.4, -0.2) is 75.3 Å². The average Bonchev–Trinajstić information content (AvgIpc) is 2.61. The number of carbonyl (C=O) groups excluding carboxylic acids is 2. The maximum Gasteiger partial charge on any atom is 0.243 e. The smallest absolute Gasteiger partial charge is 0.243 e. The Labute approximate surface area is 154 Å². The zero-order valence-corrected chi connectivity index (χ0v) is 16.0. The van der Waals surface area contributed by atoms with E-state index in [1.54, 1.807) is 24.3 Å². The van der Waals surface area contributed by atoms with Crippen LogP contribution in [-0.2, 0) is 19.6 Å². The Hall–Kier alpha value is -1.97. The van der Waals surface area contributed by atoms with Crippen molar-refractivity contribution in [3.05, 3.63) is 29.8 Å². The molecule has 2 N–H and O–H groups in total. The highest BCUT2D eigenvalue weighted by molar-refractivity contribution is 7.89. The van der Waals surface area contributed by atoms with Crippen LogP contribution in [0.15, 0.2) is 29.2 Å². The summed E-state index contributed by atoms with van der Waals surface area (Å²) in [5.41, 5.74) is 1.01. The van der Waals surface area contributed by atoms with Gasteiger partial charge in [0.15, 0.2) is 0 Å². The first-order valence-electron chi connectivity index (χ1n) is 8.65. The van der Waals surface area contributed by atoms with E-state index in [0.717, 1.165) is 5.56 Å². The summed E-state index contributed by atoms with van der Waals surface area (Å²) in [6.07, 6.45) is 0. The number of sulfonamides is 1. The Bertz CT molecular complexity index is 726. The summed E-state index contributed by atoms with van der Waals surface area (Å²) in [7, 11) is -3.51. The van der Waals surface area contributed by atoms with Crippen LogP contribution in [0.3, 0.4) is 0 Å². The zero-order valence-electron chi connectivity index (χ0n) is 15.2. The van der Waals surface area contributed by atoms with Crippen molar-refractivity contribution in [3.63, 3.8) is 0 Å². The molecular formula is C17H26N4O4S. The van der Waals surface area contributed by atoms with Gasteiger partial charge >= 0.3 is 0 Å². The Morgan fingerprint density at radius 1 is 1.00 bits per heavy atom. The highest BCUT2D eigenvalue weighted by atomic mass is 32.2. The van der Waals surface area contributed by atoms with E-state index < -0.39 is 10.0 Å². The first kappa shape index (κ1) is 20.3. The Kier molecular flexibility index (Phi) is 7.13. The number of aryl methyl sites for hydroxylation is 1. The number of nitrogens with zero attached hydrogens (tertiary/aromatic N) is 2. The number of benzene rings is 1. The van der Waals surface area contributed by atoms with Crippen molar-refractivity contribution in [2.75, 3.05) is 45.8 Å². The van der Waals surface area contributed by atoms with Crippen molar-refractivity contribution < 1.29 is 18.0 Å². The average molecular weight is 382 g/mol. The van der Waals surface area contributed by atoms with Crippen LogP contribution in [0, 0.1) is 6.92 Å². The summed E-state index contributed by atoms with van der Waals surface area (Å²) in [6.45, 7) is 5.95. The number of likely N-dealkylation sites (N-methyl/N-ethyl adjacent to an activating group) is 1. The second-order valence-corrected chi connectivity index (χ2v) is 8.16. The molecular weight excluding hydrogens is 356 g/mol. The van der Waals surface area contributed by atoms with E-state index in [1.165, 1.54) is 4.31 Å². The van der Waals surface area contributed by atoms with E-state index in [1.807, 2.05) is 18.7 Å². The highest BCUT2D eigenvalue weighted by Crippen LogP contribution is 2.18. The molecule has 1 fully saturated rings. The van der Waals surface area contributed by atoms with Crippen molar-refractivity contribution in [2.24, 2.45) is 0 Å². The Morgan fingerprint density at radius 3 is 2.19 bits per heavy atom. The molecule has 144 valence electrons. The van der Waals surface area contributed by atoms with Gasteiger partial charge in [0.05, 0.1) is 18.0 Å². The predicted octanol–water partition coefficient (Wildman–Crippen LogP) is -0.446. The fourth-order valence-electron chi connectivity index (χ4n) is 2.68. The predicted molar refractivity (Wildman–Crippen MR) is 98.1 cm³/mol. The molecule has 0 atom stereocenters. The largest absolute Gasteiger partial charge is 0.355 e. The van der Waals surface area contributed by atoms with Crippen molar-refractivity contribution in [3.8, 4) is 0 Å². The molecule has 0 saturated carbocycles. The van der Waals surface area contributed by atoms with Gasteiger partial charge in [0.2, 0.25) is 21.8 Å². The molecule has 0 bridgehead atoms. The standard InChI is InChI=1S/C17H26N4O4S/c1-3-18-16(22)12-19-17(23)13-20-8-10-21(11-9-20)26(24,25)15-6-4-14(2)5-7-15/h4-7H,3,8-13H2,1-2H3,(H,18,22)(H,19,23). The van der Waals surface area contributed by atoms with E-state index in [9.17, 15) is 18.0 Å². The van der Waals surface area contributed by atoms with Crippen LogP contribution in [0.5, 0.6) is 0 Å². The van der Waals surface area contributed by atoms with Gasteiger partial charge in [0.1, 0.15) is 0 Å². The Balaban J connectivity index is 1.82. The molecule has 0 spiro atoms. The van der Waals surface area contributed by atoms with Crippen LogP contribution in [0.25, 0.3) is 0 Å². The molecule has 1 aromatic carbocycles. The van der Waals surface area contributed by atoms with Gasteiger partial charge in [-0.25, -0.2) is 8.42 Å². The normalized spacial score (nSPS) is 16.2. The van der Waals surface area contributed by atoms with Crippen LogP contribution in [0.1, 0.15) is 12.5 Å². The first-order valence-corrected chi connectivity index (χ1v) is 10.1. The van der Waals surface area contributed by atoms with Gasteiger partial charge in [-0.05, 0) is 26.0 Å². The van der Waals surface area contributed by atoms with E-state index in [0.29, 0.717) is 32.7 Å². The minimum Gasteiger partial charge on any atom is -0.355 e. The van der Waals surface area contributed by atoms with Gasteiger partial charge in [-0.3, -0.25) is 14.5 Å². The molecule has 1 aromatic rings. The van der Waals surface area contributed by atoms with Gasteiger partial charge in [-0.15, -0.1) is 0 Å². The highest BCUT2D eigenvalue weighted by Gasteiger charge is 2.28. The molecule has 9 heteroatoms. The van der Waals surface area contributed by atoms with E-state index >= 15 is 0 Å². The molecule has 0 radical (unpaired) electrons. The van der Waals surface area contributed by atoms with Crippen molar-refractivity contribution in [2.45, 2.75) is 18.7 Å². The SMILES string of the molecule is CCNC(=O)CNC(=O)CN1CCN(S(=O)(=O)c2ccc(C)cc2)CC1. The Morgan fingerprint density at radius 2 is 1.62 bits per heavy atom. The van der Waals surface area contributed by atoms with Crippen LogP contribution in [0.2, 0.25) is 0 Å². The molecule has 0 aromatic heterocycles. The van der Waals surface area contributed by atoms with Crippen molar-refractivity contribution >= 4 is 21.8 Å². The van der Waals surface area contributed by atoms with Gasteiger partial charge < -0.3 is 10.6 Å². The minimum atomic E-state index is -3.51. The van der Waals surface area contributed by atoms with Crippen LogP contribution < -0.4 is 10.6 Å². The lowest BCUT2D eigenvalue weighted by Gasteiger charge is -2.33. The molecule has 1 aliphatic heterocycles. The molecule has 0 aliphatic carbocycles. The van der Waals surface area contributed by atoms with Gasteiger partial charge in [0.25, 0.3) is 0 Å². The lowest BCUT2D eigenvalue weighted by molar-refractivity contribution is -0.126. The molecule has 2 rings (SSSR count). The van der Waals surface area contributed by atoms with E-state index in [-0.39, 0.29) is 29.8 Å². The number of carbonyl (C=O) groups is 2. The van der Waals surface area contributed by atoms with Crippen LogP contribution in [0.4, 0.5) is 0 Å². The van der Waals surface area contributed by atoms with Gasteiger partial charge in [0, 0.05) is 32.7 Å². The lowest BCUT2D eigenvalue weighted by atomic mass is 10.2. The minimum absolute atomic E-state index is 0.0472. The third kappa shape index (κ3) is 5.52. The van der Waals surface area contributed by atoms with Crippen LogP contribution >= 0.6 is 0 Å². The molecule has 1 heterocycles. The molecule has 26 heavy (non-hydrogen) atoms. The van der Waals surface area contributed by atoms with Gasteiger partial charge in [-0.2, -0.15) is 4.31 Å². The van der Waals surface area contributed by atoms with Crippen molar-refractivity contribution in [1.82, 2.24) is 19.8 Å². The zero-order chi connectivity index (χ0) is 19.2. The monoisotopic (exact) mass is 382 g/mol. The number of hydrogen-bond acceptors (Lipinski definition) is 5. The number of rotatable bonds is 7. The fraction of sp³-hybridized carbons (Fsp3) is 0.529. The third-order valence-corrected chi connectivity index (χ3v) is 6.09. The maximum absolute atomic E-state index is 12.7. The number of amides is 2.